The minimum absolute atomic E-state index is 0.168. The highest BCUT2D eigenvalue weighted by atomic mass is 16.7. The molecule has 0 spiro atoms. The van der Waals surface area contributed by atoms with E-state index in [1.165, 1.54) is 0 Å². The van der Waals surface area contributed by atoms with Crippen LogP contribution < -0.4 is 0 Å². The Morgan fingerprint density at radius 1 is 1.18 bits per heavy atom. The van der Waals surface area contributed by atoms with Gasteiger partial charge in [0.25, 0.3) is 0 Å². The van der Waals surface area contributed by atoms with Crippen LogP contribution in [0.2, 0.25) is 0 Å². The quantitative estimate of drug-likeness (QED) is 0.612. The smallest absolute Gasteiger partial charge is 0.325 e. The van der Waals surface area contributed by atoms with Gasteiger partial charge in [-0.25, -0.2) is 0 Å². The highest BCUT2D eigenvalue weighted by molar-refractivity contribution is 5.88. The molecule has 1 aromatic carbocycles. The Kier molecular flexibility index (Phi) is 3.85. The molecule has 0 bridgehead atoms. The van der Waals surface area contributed by atoms with Gasteiger partial charge in [0, 0.05) is 5.41 Å². The maximum absolute atomic E-state index is 13.0. The molecule has 0 radical (unpaired) electrons. The number of carbonyl (C=O) groups excluding carboxylic acids is 1. The largest absolute Gasteiger partial charge is 0.434 e. The van der Waals surface area contributed by atoms with Gasteiger partial charge in [0.05, 0.1) is 6.61 Å². The first kappa shape index (κ1) is 15.3. The minimum Gasteiger partial charge on any atom is -0.434 e. The molecular formula is C19H24O3. The van der Waals surface area contributed by atoms with Crippen molar-refractivity contribution in [3.8, 4) is 0 Å². The van der Waals surface area contributed by atoms with Crippen molar-refractivity contribution in [2.75, 3.05) is 6.61 Å². The van der Waals surface area contributed by atoms with Crippen LogP contribution in [0.15, 0.2) is 42.0 Å². The Balaban J connectivity index is 2.00. The number of hydrogen-bond donors (Lipinski definition) is 0. The van der Waals surface area contributed by atoms with E-state index in [2.05, 4.69) is 6.08 Å². The summed E-state index contributed by atoms with van der Waals surface area (Å²) in [6.07, 6.45) is 4.77. The third-order valence-corrected chi connectivity index (χ3v) is 4.58. The number of carbonyl (C=O) groups is 1. The lowest BCUT2D eigenvalue weighted by Gasteiger charge is -2.43. The molecule has 0 unspecified atom stereocenters. The van der Waals surface area contributed by atoms with Gasteiger partial charge < -0.3 is 9.47 Å². The highest BCUT2D eigenvalue weighted by Gasteiger charge is 2.51. The summed E-state index contributed by atoms with van der Waals surface area (Å²) < 4.78 is 11.7. The summed E-state index contributed by atoms with van der Waals surface area (Å²) in [5.41, 5.74) is 1.14. The van der Waals surface area contributed by atoms with Gasteiger partial charge in [0.1, 0.15) is 5.41 Å². The molecule has 3 nitrogen and oxygen atoms in total. The van der Waals surface area contributed by atoms with E-state index in [-0.39, 0.29) is 11.4 Å². The lowest BCUT2D eigenvalue weighted by atomic mass is 9.73. The SMILES string of the molecule is CC(C)(C)[C@@H]1OC[C@@](C2=CCCC2)(c2ccccc2)C(=O)O1. The Labute approximate surface area is 132 Å². The van der Waals surface area contributed by atoms with Gasteiger partial charge in [-0.1, -0.05) is 62.8 Å². The van der Waals surface area contributed by atoms with Gasteiger partial charge in [0.2, 0.25) is 6.29 Å². The third kappa shape index (κ3) is 2.48. The molecule has 0 amide bonds. The van der Waals surface area contributed by atoms with Crippen molar-refractivity contribution in [1.82, 2.24) is 0 Å². The molecule has 0 N–H and O–H groups in total. The fourth-order valence-corrected chi connectivity index (χ4v) is 3.31. The van der Waals surface area contributed by atoms with Crippen molar-refractivity contribution in [1.29, 1.82) is 0 Å². The standard InChI is InChI=1S/C19H24O3/c1-18(2,3)17-21-13-19(16(20)22-17,15-11-7-8-12-15)14-9-5-4-6-10-14/h4-6,9-11,17H,7-8,12-13H2,1-3H3/t17-,19+/m1/s1. The number of esters is 1. The summed E-state index contributed by atoms with van der Waals surface area (Å²) in [6, 6.07) is 9.90. The van der Waals surface area contributed by atoms with E-state index in [9.17, 15) is 4.79 Å². The molecule has 0 aromatic heterocycles. The van der Waals surface area contributed by atoms with E-state index < -0.39 is 11.7 Å². The van der Waals surface area contributed by atoms with Crippen molar-refractivity contribution in [2.45, 2.75) is 51.7 Å². The summed E-state index contributed by atoms with van der Waals surface area (Å²) >= 11 is 0. The fourth-order valence-electron chi connectivity index (χ4n) is 3.31. The van der Waals surface area contributed by atoms with Gasteiger partial charge in [-0.2, -0.15) is 0 Å². The van der Waals surface area contributed by atoms with E-state index in [1.54, 1.807) is 0 Å². The van der Waals surface area contributed by atoms with E-state index in [0.29, 0.717) is 6.61 Å². The average Bonchev–Trinajstić information content (AvgIpc) is 3.02. The van der Waals surface area contributed by atoms with E-state index >= 15 is 0 Å². The number of benzene rings is 1. The zero-order chi connectivity index (χ0) is 15.8. The number of ether oxygens (including phenoxy) is 2. The van der Waals surface area contributed by atoms with Crippen LogP contribution in [-0.4, -0.2) is 18.9 Å². The van der Waals surface area contributed by atoms with E-state index in [1.807, 2.05) is 51.1 Å². The second kappa shape index (κ2) is 5.54. The fraction of sp³-hybridized carbons (Fsp3) is 0.526. The number of rotatable bonds is 2. The van der Waals surface area contributed by atoms with Crippen LogP contribution in [-0.2, 0) is 19.7 Å². The summed E-state index contributed by atoms with van der Waals surface area (Å²) in [4.78, 5) is 13.0. The van der Waals surface area contributed by atoms with E-state index in [0.717, 1.165) is 30.4 Å². The second-order valence-corrected chi connectivity index (χ2v) is 7.31. The zero-order valence-electron chi connectivity index (χ0n) is 13.6. The molecule has 1 fully saturated rings. The maximum Gasteiger partial charge on any atom is 0.325 e. The number of allylic oxidation sites excluding steroid dienone is 1. The molecule has 3 heteroatoms. The van der Waals surface area contributed by atoms with Crippen LogP contribution in [0, 0.1) is 5.41 Å². The summed E-state index contributed by atoms with van der Waals surface area (Å²) in [5.74, 6) is -0.168. The Hall–Kier alpha value is -1.61. The molecule has 22 heavy (non-hydrogen) atoms. The first-order chi connectivity index (χ1) is 10.4. The second-order valence-electron chi connectivity index (χ2n) is 7.31. The summed E-state index contributed by atoms with van der Waals surface area (Å²) in [5, 5.41) is 0. The van der Waals surface area contributed by atoms with Crippen molar-refractivity contribution in [3.63, 3.8) is 0 Å². The van der Waals surface area contributed by atoms with Crippen LogP contribution in [0.3, 0.4) is 0 Å². The predicted molar refractivity (Wildman–Crippen MR) is 85.3 cm³/mol. The topological polar surface area (TPSA) is 35.5 Å². The van der Waals surface area contributed by atoms with Crippen LogP contribution in [0.25, 0.3) is 0 Å². The average molecular weight is 300 g/mol. The molecule has 1 heterocycles. The van der Waals surface area contributed by atoms with Gasteiger partial charge in [-0.15, -0.1) is 0 Å². The van der Waals surface area contributed by atoms with Gasteiger partial charge >= 0.3 is 5.97 Å². The Morgan fingerprint density at radius 2 is 1.91 bits per heavy atom. The molecule has 2 atom stereocenters. The zero-order valence-corrected chi connectivity index (χ0v) is 13.6. The molecule has 2 aliphatic rings. The van der Waals surface area contributed by atoms with Crippen LogP contribution in [0.1, 0.15) is 45.6 Å². The van der Waals surface area contributed by atoms with Crippen molar-refractivity contribution in [3.05, 3.63) is 47.5 Å². The van der Waals surface area contributed by atoms with Gasteiger partial charge in [-0.3, -0.25) is 4.79 Å². The van der Waals surface area contributed by atoms with Gasteiger partial charge in [0.15, 0.2) is 0 Å². The lowest BCUT2D eigenvalue weighted by molar-refractivity contribution is -0.236. The monoisotopic (exact) mass is 300 g/mol. The van der Waals surface area contributed by atoms with E-state index in [4.69, 9.17) is 9.47 Å². The van der Waals surface area contributed by atoms with Gasteiger partial charge in [-0.05, 0) is 24.8 Å². The van der Waals surface area contributed by atoms with Crippen molar-refractivity contribution >= 4 is 5.97 Å². The molecule has 1 aromatic rings. The normalized spacial score (nSPS) is 29.1. The van der Waals surface area contributed by atoms with Crippen LogP contribution >= 0.6 is 0 Å². The molecule has 3 rings (SSSR count). The molecule has 1 saturated heterocycles. The van der Waals surface area contributed by atoms with Crippen LogP contribution in [0.4, 0.5) is 0 Å². The first-order valence-electron chi connectivity index (χ1n) is 8.02. The Morgan fingerprint density at radius 3 is 2.45 bits per heavy atom. The number of cyclic esters (lactones) is 1. The molecule has 0 saturated carbocycles. The first-order valence-corrected chi connectivity index (χ1v) is 8.02. The highest BCUT2D eigenvalue weighted by Crippen LogP contribution is 2.44. The molecule has 118 valence electrons. The predicted octanol–water partition coefficient (Wildman–Crippen LogP) is 3.98. The third-order valence-electron chi connectivity index (χ3n) is 4.58. The minimum atomic E-state index is -0.764. The number of hydrogen-bond acceptors (Lipinski definition) is 3. The summed E-state index contributed by atoms with van der Waals surface area (Å²) in [6.45, 7) is 6.43. The van der Waals surface area contributed by atoms with Crippen molar-refractivity contribution in [2.24, 2.45) is 5.41 Å². The lowest BCUT2D eigenvalue weighted by Crippen LogP contribution is -2.53. The van der Waals surface area contributed by atoms with Crippen molar-refractivity contribution < 1.29 is 14.3 Å². The summed E-state index contributed by atoms with van der Waals surface area (Å²) in [7, 11) is 0. The molecule has 1 aliphatic heterocycles. The molecule has 1 aliphatic carbocycles. The van der Waals surface area contributed by atoms with Crippen LogP contribution in [0.5, 0.6) is 0 Å². The maximum atomic E-state index is 13.0. The molecular weight excluding hydrogens is 276 g/mol. The Bertz CT molecular complexity index is 582.